The molecule has 1 saturated carbocycles. The third-order valence-corrected chi connectivity index (χ3v) is 4.06. The Morgan fingerprint density at radius 3 is 2.79 bits per heavy atom. The monoisotopic (exact) mass is 195 g/mol. The van der Waals surface area contributed by atoms with Gasteiger partial charge in [0, 0.05) is 12.5 Å². The van der Waals surface area contributed by atoms with Gasteiger partial charge in [-0.15, -0.1) is 0 Å². The number of likely N-dealkylation sites (N-methyl/N-ethyl adjacent to an activating group) is 1. The van der Waals surface area contributed by atoms with E-state index in [0.29, 0.717) is 12.2 Å². The molecule has 80 valence electrons. The zero-order valence-electron chi connectivity index (χ0n) is 9.33. The molecule has 1 aliphatic carbocycles. The molecule has 0 N–H and O–H groups in total. The fourth-order valence-corrected chi connectivity index (χ4v) is 3.39. The van der Waals surface area contributed by atoms with Gasteiger partial charge in [-0.3, -0.25) is 9.69 Å². The highest BCUT2D eigenvalue weighted by Crippen LogP contribution is 2.41. The van der Waals surface area contributed by atoms with Gasteiger partial charge in [0.15, 0.2) is 0 Å². The number of rotatable bonds is 3. The zero-order chi connectivity index (χ0) is 10.1. The number of carbonyl (C=O) groups is 1. The largest absolute Gasteiger partial charge is 0.298 e. The van der Waals surface area contributed by atoms with Crippen LogP contribution in [0.3, 0.4) is 0 Å². The molecular formula is C12H21NO. The number of fused-ring (bicyclic) bond motifs is 1. The lowest BCUT2D eigenvalue weighted by Crippen LogP contribution is -2.40. The van der Waals surface area contributed by atoms with Crippen molar-refractivity contribution in [1.29, 1.82) is 0 Å². The van der Waals surface area contributed by atoms with Gasteiger partial charge in [-0.05, 0) is 31.7 Å². The lowest BCUT2D eigenvalue weighted by atomic mass is 9.99. The molecule has 2 rings (SSSR count). The average molecular weight is 195 g/mol. The van der Waals surface area contributed by atoms with Crippen molar-refractivity contribution >= 4 is 5.78 Å². The van der Waals surface area contributed by atoms with Crippen molar-refractivity contribution in [2.24, 2.45) is 5.92 Å². The first kappa shape index (κ1) is 10.2. The van der Waals surface area contributed by atoms with E-state index in [-0.39, 0.29) is 6.04 Å². The molecule has 1 aliphatic heterocycles. The molecule has 0 aromatic heterocycles. The molecule has 0 radical (unpaired) electrons. The van der Waals surface area contributed by atoms with E-state index in [9.17, 15) is 4.79 Å². The second-order valence-electron chi connectivity index (χ2n) is 4.66. The Morgan fingerprint density at radius 1 is 1.36 bits per heavy atom. The highest BCUT2D eigenvalue weighted by molar-refractivity contribution is 5.84. The molecule has 0 aromatic rings. The summed E-state index contributed by atoms with van der Waals surface area (Å²) in [5, 5.41) is 0. The number of likely N-dealkylation sites (tertiary alicyclic amines) is 1. The Hall–Kier alpha value is -0.370. The third-order valence-electron chi connectivity index (χ3n) is 4.06. The van der Waals surface area contributed by atoms with E-state index in [1.165, 1.54) is 19.3 Å². The standard InChI is InChI=1S/C12H21NO/c1-3-12(14)11-8-9-6-5-7-10(9)13(11)4-2/h9-11H,3-8H2,1-2H3/t9-,10-,11-/m0/s1. The Balaban J connectivity index is 2.09. The van der Waals surface area contributed by atoms with Crippen LogP contribution in [0, 0.1) is 5.92 Å². The van der Waals surface area contributed by atoms with Crippen molar-refractivity contribution in [3.8, 4) is 0 Å². The van der Waals surface area contributed by atoms with E-state index in [4.69, 9.17) is 0 Å². The van der Waals surface area contributed by atoms with Gasteiger partial charge in [-0.25, -0.2) is 0 Å². The van der Waals surface area contributed by atoms with Gasteiger partial charge in [0.2, 0.25) is 0 Å². The first-order valence-corrected chi connectivity index (χ1v) is 6.06. The van der Waals surface area contributed by atoms with E-state index in [1.54, 1.807) is 0 Å². The molecule has 0 aromatic carbocycles. The fraction of sp³-hybridized carbons (Fsp3) is 0.917. The first-order valence-electron chi connectivity index (χ1n) is 6.06. The van der Waals surface area contributed by atoms with Crippen LogP contribution in [0.4, 0.5) is 0 Å². The number of hydrogen-bond donors (Lipinski definition) is 0. The number of hydrogen-bond acceptors (Lipinski definition) is 2. The summed E-state index contributed by atoms with van der Waals surface area (Å²) in [6.07, 6.45) is 5.91. The van der Waals surface area contributed by atoms with Gasteiger partial charge in [-0.1, -0.05) is 20.3 Å². The number of Topliss-reactive ketones (excluding diaryl/α,β-unsaturated/α-hetero) is 1. The van der Waals surface area contributed by atoms with Gasteiger partial charge in [0.1, 0.15) is 5.78 Å². The van der Waals surface area contributed by atoms with E-state index in [0.717, 1.165) is 24.9 Å². The van der Waals surface area contributed by atoms with Crippen LogP contribution in [-0.2, 0) is 4.79 Å². The second-order valence-corrected chi connectivity index (χ2v) is 4.66. The molecule has 3 atom stereocenters. The molecule has 14 heavy (non-hydrogen) atoms. The summed E-state index contributed by atoms with van der Waals surface area (Å²) in [5.74, 6) is 1.29. The van der Waals surface area contributed by atoms with Crippen LogP contribution in [0.2, 0.25) is 0 Å². The van der Waals surface area contributed by atoms with Crippen LogP contribution in [0.1, 0.15) is 46.0 Å². The summed E-state index contributed by atoms with van der Waals surface area (Å²) in [7, 11) is 0. The minimum absolute atomic E-state index is 0.264. The summed E-state index contributed by atoms with van der Waals surface area (Å²) in [5.41, 5.74) is 0. The second kappa shape index (κ2) is 4.01. The molecule has 1 saturated heterocycles. The number of nitrogens with zero attached hydrogens (tertiary/aromatic N) is 1. The van der Waals surface area contributed by atoms with Crippen LogP contribution in [0.15, 0.2) is 0 Å². The van der Waals surface area contributed by atoms with Crippen LogP contribution >= 0.6 is 0 Å². The van der Waals surface area contributed by atoms with Gasteiger partial charge in [0.05, 0.1) is 6.04 Å². The van der Waals surface area contributed by atoms with Crippen LogP contribution in [0.25, 0.3) is 0 Å². The molecule has 1 heterocycles. The fourth-order valence-electron chi connectivity index (χ4n) is 3.39. The SMILES string of the molecule is CCC(=O)[C@@H]1C[C@@H]2CCC[C@@H]2N1CC. The Morgan fingerprint density at radius 2 is 2.14 bits per heavy atom. The van der Waals surface area contributed by atoms with Crippen LogP contribution in [-0.4, -0.2) is 29.3 Å². The summed E-state index contributed by atoms with van der Waals surface area (Å²) in [6, 6.07) is 1.00. The highest BCUT2D eigenvalue weighted by Gasteiger charge is 2.44. The third kappa shape index (κ3) is 1.50. The molecule has 0 amide bonds. The van der Waals surface area contributed by atoms with Gasteiger partial charge in [-0.2, -0.15) is 0 Å². The van der Waals surface area contributed by atoms with Gasteiger partial charge in [0.25, 0.3) is 0 Å². The number of ketones is 1. The summed E-state index contributed by atoms with van der Waals surface area (Å²) in [6.45, 7) is 5.23. The summed E-state index contributed by atoms with van der Waals surface area (Å²) in [4.78, 5) is 14.2. The maximum absolute atomic E-state index is 11.8. The van der Waals surface area contributed by atoms with E-state index in [1.807, 2.05) is 6.92 Å². The summed E-state index contributed by atoms with van der Waals surface area (Å²) < 4.78 is 0. The average Bonchev–Trinajstić information content (AvgIpc) is 2.74. The molecule has 2 aliphatic rings. The highest BCUT2D eigenvalue weighted by atomic mass is 16.1. The van der Waals surface area contributed by atoms with Crippen molar-refractivity contribution < 1.29 is 4.79 Å². The van der Waals surface area contributed by atoms with Gasteiger partial charge < -0.3 is 0 Å². The first-order chi connectivity index (χ1) is 6.77. The van der Waals surface area contributed by atoms with Crippen LogP contribution < -0.4 is 0 Å². The molecular weight excluding hydrogens is 174 g/mol. The van der Waals surface area contributed by atoms with Crippen molar-refractivity contribution in [3.63, 3.8) is 0 Å². The molecule has 2 fully saturated rings. The van der Waals surface area contributed by atoms with E-state index in [2.05, 4.69) is 11.8 Å². The molecule has 0 unspecified atom stereocenters. The quantitative estimate of drug-likeness (QED) is 0.688. The van der Waals surface area contributed by atoms with Crippen molar-refractivity contribution in [3.05, 3.63) is 0 Å². The minimum atomic E-state index is 0.264. The van der Waals surface area contributed by atoms with E-state index >= 15 is 0 Å². The molecule has 0 spiro atoms. The molecule has 2 nitrogen and oxygen atoms in total. The summed E-state index contributed by atoms with van der Waals surface area (Å²) >= 11 is 0. The topological polar surface area (TPSA) is 20.3 Å². The van der Waals surface area contributed by atoms with Crippen molar-refractivity contribution in [2.75, 3.05) is 6.54 Å². The lowest BCUT2D eigenvalue weighted by molar-refractivity contribution is -0.123. The predicted molar refractivity (Wildman–Crippen MR) is 57.2 cm³/mol. The maximum Gasteiger partial charge on any atom is 0.149 e. The Kier molecular flexibility index (Phi) is 2.91. The predicted octanol–water partition coefficient (Wildman–Crippen LogP) is 2.23. The normalized spacial score (nSPS) is 37.4. The Bertz CT molecular complexity index is 226. The zero-order valence-corrected chi connectivity index (χ0v) is 9.33. The number of carbonyl (C=O) groups excluding carboxylic acids is 1. The van der Waals surface area contributed by atoms with E-state index < -0.39 is 0 Å². The lowest BCUT2D eigenvalue weighted by Gasteiger charge is -2.26. The maximum atomic E-state index is 11.8. The van der Waals surface area contributed by atoms with Crippen molar-refractivity contribution in [1.82, 2.24) is 4.90 Å². The van der Waals surface area contributed by atoms with Crippen LogP contribution in [0.5, 0.6) is 0 Å². The Labute approximate surface area is 86.7 Å². The van der Waals surface area contributed by atoms with Crippen molar-refractivity contribution in [2.45, 2.75) is 58.0 Å². The molecule has 2 heteroatoms. The smallest absolute Gasteiger partial charge is 0.149 e. The molecule has 0 bridgehead atoms. The minimum Gasteiger partial charge on any atom is -0.298 e. The van der Waals surface area contributed by atoms with Gasteiger partial charge >= 0.3 is 0 Å².